The fourth-order valence-electron chi connectivity index (χ4n) is 3.44. The Morgan fingerprint density at radius 2 is 1.91 bits per heavy atom. The SMILES string of the molecule is C#CCOc1ccc2ccccc2c1/C=C1/SC(=Nc2ccc(OC)cc2)N(CC)C1=O. The van der Waals surface area contributed by atoms with Crippen LogP contribution in [0.5, 0.6) is 11.5 Å². The zero-order chi connectivity index (χ0) is 22.5. The molecule has 0 N–H and O–H groups in total. The summed E-state index contributed by atoms with van der Waals surface area (Å²) in [6.45, 7) is 2.61. The van der Waals surface area contributed by atoms with Crippen LogP contribution >= 0.6 is 11.8 Å². The molecule has 6 heteroatoms. The van der Waals surface area contributed by atoms with Crippen molar-refractivity contribution in [2.24, 2.45) is 4.99 Å². The molecule has 0 atom stereocenters. The Balaban J connectivity index is 1.75. The first-order valence-corrected chi connectivity index (χ1v) is 11.0. The van der Waals surface area contributed by atoms with Crippen molar-refractivity contribution in [3.63, 3.8) is 0 Å². The molecule has 3 aromatic rings. The highest BCUT2D eigenvalue weighted by Gasteiger charge is 2.32. The van der Waals surface area contributed by atoms with Gasteiger partial charge < -0.3 is 9.47 Å². The van der Waals surface area contributed by atoms with Crippen molar-refractivity contribution in [1.82, 2.24) is 4.90 Å². The van der Waals surface area contributed by atoms with Gasteiger partial charge >= 0.3 is 0 Å². The van der Waals surface area contributed by atoms with E-state index in [0.29, 0.717) is 22.4 Å². The zero-order valence-corrected chi connectivity index (χ0v) is 18.7. The molecular weight excluding hydrogens is 420 g/mol. The van der Waals surface area contributed by atoms with Crippen LogP contribution in [0.25, 0.3) is 16.8 Å². The van der Waals surface area contributed by atoms with Crippen LogP contribution in [0.3, 0.4) is 0 Å². The third-order valence-corrected chi connectivity index (χ3v) is 6.03. The van der Waals surface area contributed by atoms with Crippen molar-refractivity contribution in [2.75, 3.05) is 20.3 Å². The molecule has 0 saturated carbocycles. The lowest BCUT2D eigenvalue weighted by Crippen LogP contribution is -2.28. The van der Waals surface area contributed by atoms with Crippen molar-refractivity contribution in [1.29, 1.82) is 0 Å². The normalized spacial score (nSPS) is 16.0. The molecule has 0 bridgehead atoms. The predicted molar refractivity (Wildman–Crippen MR) is 131 cm³/mol. The van der Waals surface area contributed by atoms with Crippen LogP contribution in [0.1, 0.15) is 12.5 Å². The van der Waals surface area contributed by atoms with E-state index in [9.17, 15) is 4.79 Å². The van der Waals surface area contributed by atoms with Gasteiger partial charge in [-0.1, -0.05) is 36.3 Å². The number of nitrogens with zero attached hydrogens (tertiary/aromatic N) is 2. The maximum absolute atomic E-state index is 13.2. The molecule has 0 unspecified atom stereocenters. The monoisotopic (exact) mass is 442 g/mol. The highest BCUT2D eigenvalue weighted by atomic mass is 32.2. The Kier molecular flexibility index (Phi) is 6.48. The summed E-state index contributed by atoms with van der Waals surface area (Å²) in [6.07, 6.45) is 7.27. The Labute approximate surface area is 191 Å². The van der Waals surface area contributed by atoms with Crippen LogP contribution in [-0.2, 0) is 4.79 Å². The number of fused-ring (bicyclic) bond motifs is 1. The first-order chi connectivity index (χ1) is 15.6. The zero-order valence-electron chi connectivity index (χ0n) is 17.9. The highest BCUT2D eigenvalue weighted by molar-refractivity contribution is 8.18. The van der Waals surface area contributed by atoms with Gasteiger partial charge in [0.05, 0.1) is 17.7 Å². The summed E-state index contributed by atoms with van der Waals surface area (Å²) in [5, 5.41) is 2.69. The van der Waals surface area contributed by atoms with Crippen LogP contribution in [0.2, 0.25) is 0 Å². The molecule has 1 aliphatic rings. The van der Waals surface area contributed by atoms with Crippen molar-refractivity contribution >= 4 is 45.4 Å². The van der Waals surface area contributed by atoms with Crippen LogP contribution in [0.4, 0.5) is 5.69 Å². The van der Waals surface area contributed by atoms with Gasteiger partial charge in [-0.05, 0) is 65.9 Å². The van der Waals surface area contributed by atoms with Gasteiger partial charge in [0.2, 0.25) is 0 Å². The van der Waals surface area contributed by atoms with Gasteiger partial charge in [-0.2, -0.15) is 0 Å². The number of hydrogen-bond donors (Lipinski definition) is 0. The predicted octanol–water partition coefficient (Wildman–Crippen LogP) is 5.48. The smallest absolute Gasteiger partial charge is 0.266 e. The summed E-state index contributed by atoms with van der Waals surface area (Å²) in [5.74, 6) is 3.82. The number of methoxy groups -OCH3 is 1. The van der Waals surface area contributed by atoms with Crippen molar-refractivity contribution < 1.29 is 14.3 Å². The fraction of sp³-hybridized carbons (Fsp3) is 0.154. The summed E-state index contributed by atoms with van der Waals surface area (Å²) in [5.41, 5.74) is 1.58. The maximum atomic E-state index is 13.2. The number of rotatable bonds is 6. The molecular formula is C26H22N2O3S. The number of carbonyl (C=O) groups excluding carboxylic acids is 1. The second-order valence-electron chi connectivity index (χ2n) is 6.94. The molecule has 1 aliphatic heterocycles. The molecule has 0 spiro atoms. The number of amides is 1. The highest BCUT2D eigenvalue weighted by Crippen LogP contribution is 2.37. The second kappa shape index (κ2) is 9.63. The molecule has 1 saturated heterocycles. The Bertz CT molecular complexity index is 1260. The van der Waals surface area contributed by atoms with Gasteiger partial charge in [0.1, 0.15) is 18.1 Å². The summed E-state index contributed by atoms with van der Waals surface area (Å²) in [4.78, 5) is 20.1. The number of hydrogen-bond acceptors (Lipinski definition) is 5. The third kappa shape index (κ3) is 4.34. The van der Waals surface area contributed by atoms with Crippen LogP contribution < -0.4 is 9.47 Å². The van der Waals surface area contributed by atoms with E-state index in [0.717, 1.165) is 27.8 Å². The van der Waals surface area contributed by atoms with E-state index in [2.05, 4.69) is 5.92 Å². The summed E-state index contributed by atoms with van der Waals surface area (Å²) >= 11 is 1.35. The van der Waals surface area contributed by atoms with E-state index in [1.54, 1.807) is 12.0 Å². The van der Waals surface area contributed by atoms with Gasteiger partial charge in [0.15, 0.2) is 5.17 Å². The van der Waals surface area contributed by atoms with E-state index in [-0.39, 0.29) is 12.5 Å². The van der Waals surface area contributed by atoms with E-state index >= 15 is 0 Å². The largest absolute Gasteiger partial charge is 0.497 e. The number of ether oxygens (including phenoxy) is 2. The number of thioether (sulfide) groups is 1. The van der Waals surface area contributed by atoms with Gasteiger partial charge in [0, 0.05) is 12.1 Å². The van der Waals surface area contributed by atoms with Gasteiger partial charge in [-0.25, -0.2) is 4.99 Å². The molecule has 160 valence electrons. The molecule has 0 aliphatic carbocycles. The molecule has 4 rings (SSSR count). The van der Waals surface area contributed by atoms with Crippen molar-refractivity contribution in [2.45, 2.75) is 6.92 Å². The van der Waals surface area contributed by atoms with Crippen LogP contribution in [-0.4, -0.2) is 36.2 Å². The number of amidine groups is 1. The average molecular weight is 443 g/mol. The van der Waals surface area contributed by atoms with Crippen molar-refractivity contribution in [3.8, 4) is 23.8 Å². The molecule has 1 fully saturated rings. The molecule has 3 aromatic carbocycles. The Hall–Kier alpha value is -3.69. The van der Waals surface area contributed by atoms with Crippen molar-refractivity contribution in [3.05, 3.63) is 71.1 Å². The molecule has 5 nitrogen and oxygen atoms in total. The first kappa shape index (κ1) is 21.5. The van der Waals surface area contributed by atoms with Gasteiger partial charge in [-0.3, -0.25) is 9.69 Å². The maximum Gasteiger partial charge on any atom is 0.266 e. The second-order valence-corrected chi connectivity index (χ2v) is 7.95. The van der Waals surface area contributed by atoms with E-state index in [1.807, 2.05) is 73.7 Å². The number of likely N-dealkylation sites (N-methyl/N-ethyl adjacent to an activating group) is 1. The first-order valence-electron chi connectivity index (χ1n) is 10.2. The third-order valence-electron chi connectivity index (χ3n) is 5.02. The minimum atomic E-state index is -0.0828. The van der Waals surface area contributed by atoms with Gasteiger partial charge in [-0.15, -0.1) is 6.42 Å². The van der Waals surface area contributed by atoms with E-state index < -0.39 is 0 Å². The molecule has 0 radical (unpaired) electrons. The minimum absolute atomic E-state index is 0.0828. The number of aliphatic imine (C=N–C) groups is 1. The molecule has 0 aromatic heterocycles. The molecule has 1 heterocycles. The topological polar surface area (TPSA) is 51.1 Å². The van der Waals surface area contributed by atoms with E-state index in [1.165, 1.54) is 11.8 Å². The summed E-state index contributed by atoms with van der Waals surface area (Å²) < 4.78 is 11.0. The standard InChI is InChI=1S/C26H22N2O3S/c1-4-16-31-23-15-10-18-8-6-7-9-21(18)22(23)17-24-25(29)28(5-2)26(32-24)27-19-11-13-20(30-3)14-12-19/h1,6-15,17H,5,16H2,2-3H3/b24-17+,27-26?. The minimum Gasteiger partial charge on any atom is -0.497 e. The van der Waals surface area contributed by atoms with Gasteiger partial charge in [0.25, 0.3) is 5.91 Å². The average Bonchev–Trinajstić information content (AvgIpc) is 3.12. The number of carbonyl (C=O) groups is 1. The lowest BCUT2D eigenvalue weighted by atomic mass is 10.0. The number of terminal acetylenes is 1. The quantitative estimate of drug-likeness (QED) is 0.374. The van der Waals surface area contributed by atoms with E-state index in [4.69, 9.17) is 20.9 Å². The lowest BCUT2D eigenvalue weighted by Gasteiger charge is -2.12. The van der Waals surface area contributed by atoms with Crippen LogP contribution in [0.15, 0.2) is 70.6 Å². The lowest BCUT2D eigenvalue weighted by molar-refractivity contribution is -0.122. The van der Waals surface area contributed by atoms with Crippen LogP contribution in [0, 0.1) is 12.3 Å². The summed E-state index contributed by atoms with van der Waals surface area (Å²) in [6, 6.07) is 19.3. The molecule has 32 heavy (non-hydrogen) atoms. The fourth-order valence-corrected chi connectivity index (χ4v) is 4.48. The number of benzene rings is 3. The summed E-state index contributed by atoms with van der Waals surface area (Å²) in [7, 11) is 1.62. The molecule has 1 amide bonds. The Morgan fingerprint density at radius 1 is 1.12 bits per heavy atom. The Morgan fingerprint density at radius 3 is 2.62 bits per heavy atom.